The summed E-state index contributed by atoms with van der Waals surface area (Å²) in [6.45, 7) is -0.211. The van der Waals surface area contributed by atoms with Gasteiger partial charge in [0.05, 0.1) is 5.92 Å². The zero-order valence-electron chi connectivity index (χ0n) is 18.4. The molecule has 0 aliphatic heterocycles. The molecule has 0 aromatic heterocycles. The molecule has 0 spiro atoms. The molecule has 10 heteroatoms. The molecular formula is C25H23F3N2O5. The summed E-state index contributed by atoms with van der Waals surface area (Å²) in [7, 11) is 0. The Labute approximate surface area is 199 Å². The van der Waals surface area contributed by atoms with Gasteiger partial charge in [-0.25, -0.2) is 4.79 Å². The summed E-state index contributed by atoms with van der Waals surface area (Å²) in [5, 5.41) is 12.9. The summed E-state index contributed by atoms with van der Waals surface area (Å²) in [6.07, 6.45) is -3.35. The number of hydrogen-bond donors (Lipinski definition) is 3. The molecule has 2 aliphatic rings. The summed E-state index contributed by atoms with van der Waals surface area (Å²) >= 11 is 0. The van der Waals surface area contributed by atoms with E-state index >= 15 is 0 Å². The summed E-state index contributed by atoms with van der Waals surface area (Å²) in [5.74, 6) is -3.76. The van der Waals surface area contributed by atoms with Gasteiger partial charge in [0.2, 0.25) is 6.04 Å². The third-order valence-corrected chi connectivity index (χ3v) is 6.20. The minimum atomic E-state index is -5.08. The lowest BCUT2D eigenvalue weighted by atomic mass is 9.91. The number of allylic oxidation sites excluding steroid dienone is 1. The normalized spacial score (nSPS) is 19.9. The highest BCUT2D eigenvalue weighted by Gasteiger charge is 2.47. The van der Waals surface area contributed by atoms with E-state index in [9.17, 15) is 27.6 Å². The maximum atomic E-state index is 13.6. The first kappa shape index (κ1) is 24.3. The van der Waals surface area contributed by atoms with Gasteiger partial charge in [0.25, 0.3) is 5.91 Å². The van der Waals surface area contributed by atoms with Crippen LogP contribution in [-0.4, -0.2) is 47.9 Å². The van der Waals surface area contributed by atoms with Gasteiger partial charge >= 0.3 is 18.2 Å². The van der Waals surface area contributed by atoms with Crippen LogP contribution in [0, 0.1) is 5.92 Å². The maximum absolute atomic E-state index is 13.6. The van der Waals surface area contributed by atoms with Gasteiger partial charge in [-0.3, -0.25) is 9.59 Å². The minimum Gasteiger partial charge on any atom is -0.481 e. The average molecular weight is 488 g/mol. The monoisotopic (exact) mass is 488 g/mol. The highest BCUT2D eigenvalue weighted by atomic mass is 19.4. The van der Waals surface area contributed by atoms with Crippen LogP contribution < -0.4 is 10.6 Å². The summed E-state index contributed by atoms with van der Waals surface area (Å²) in [5.41, 5.74) is 3.71. The number of amides is 2. The number of alkyl carbamates (subject to hydrolysis) is 1. The molecule has 0 fully saturated rings. The zero-order chi connectivity index (χ0) is 25.2. The third kappa shape index (κ3) is 5.31. The fourth-order valence-corrected chi connectivity index (χ4v) is 4.52. The molecule has 3 atom stereocenters. The highest BCUT2D eigenvalue weighted by molar-refractivity contribution is 5.87. The number of ether oxygens (including phenoxy) is 1. The van der Waals surface area contributed by atoms with Gasteiger partial charge in [-0.2, -0.15) is 13.2 Å². The lowest BCUT2D eigenvalue weighted by molar-refractivity contribution is -0.168. The topological polar surface area (TPSA) is 105 Å². The number of hydrogen-bond acceptors (Lipinski definition) is 4. The predicted octanol–water partition coefficient (Wildman–Crippen LogP) is 3.99. The second-order valence-electron chi connectivity index (χ2n) is 8.49. The van der Waals surface area contributed by atoms with Crippen LogP contribution in [0.2, 0.25) is 0 Å². The van der Waals surface area contributed by atoms with E-state index in [0.29, 0.717) is 0 Å². The standard InChI is InChI=1S/C25H23F3N2O5/c26-25(27,28)21(22(31)29-15-7-5-6-14(12-15)23(32)33)30-24(34)35-13-20-18-10-3-1-8-16(18)17-9-2-4-11-19(17)20/h1-5,7-11,14-15,20-21H,6,12-13H2,(H,29,31)(H,30,34)(H,32,33). The van der Waals surface area contributed by atoms with Crippen LogP contribution in [0.1, 0.15) is 29.9 Å². The fourth-order valence-electron chi connectivity index (χ4n) is 4.52. The molecule has 2 aliphatic carbocycles. The first-order valence-electron chi connectivity index (χ1n) is 11.0. The number of carboxylic acid groups (broad SMARTS) is 1. The van der Waals surface area contributed by atoms with Crippen molar-refractivity contribution >= 4 is 18.0 Å². The van der Waals surface area contributed by atoms with Crippen molar-refractivity contribution in [1.29, 1.82) is 0 Å². The van der Waals surface area contributed by atoms with E-state index in [1.54, 1.807) is 5.32 Å². The van der Waals surface area contributed by atoms with Crippen LogP contribution in [-0.2, 0) is 14.3 Å². The van der Waals surface area contributed by atoms with Gasteiger partial charge in [0.1, 0.15) is 6.61 Å². The fraction of sp³-hybridized carbons (Fsp3) is 0.320. The molecule has 0 bridgehead atoms. The van der Waals surface area contributed by atoms with Crippen molar-refractivity contribution in [3.63, 3.8) is 0 Å². The number of halogens is 3. The molecule has 184 valence electrons. The van der Waals surface area contributed by atoms with Crippen LogP contribution in [0.4, 0.5) is 18.0 Å². The van der Waals surface area contributed by atoms with E-state index in [-0.39, 0.29) is 25.4 Å². The van der Waals surface area contributed by atoms with Gasteiger partial charge < -0.3 is 20.5 Å². The molecule has 7 nitrogen and oxygen atoms in total. The van der Waals surface area contributed by atoms with Gasteiger partial charge in [-0.05, 0) is 35.1 Å². The lowest BCUT2D eigenvalue weighted by Crippen LogP contribution is -2.57. The number of rotatable bonds is 6. The van der Waals surface area contributed by atoms with Crippen molar-refractivity contribution in [3.05, 3.63) is 71.8 Å². The number of carbonyl (C=O) groups excluding carboxylic acids is 2. The van der Waals surface area contributed by atoms with Crippen molar-refractivity contribution in [2.45, 2.75) is 37.0 Å². The molecule has 2 aromatic rings. The van der Waals surface area contributed by atoms with E-state index in [4.69, 9.17) is 9.84 Å². The van der Waals surface area contributed by atoms with Crippen LogP contribution in [0.5, 0.6) is 0 Å². The van der Waals surface area contributed by atoms with Crippen molar-refractivity contribution < 1.29 is 37.4 Å². The number of carbonyl (C=O) groups is 3. The van der Waals surface area contributed by atoms with Gasteiger partial charge in [0, 0.05) is 12.0 Å². The smallest absolute Gasteiger partial charge is 0.417 e. The summed E-state index contributed by atoms with van der Waals surface area (Å²) in [4.78, 5) is 35.8. The Hall–Kier alpha value is -3.82. The first-order valence-corrected chi connectivity index (χ1v) is 11.0. The van der Waals surface area contributed by atoms with Crippen molar-refractivity contribution in [1.82, 2.24) is 10.6 Å². The number of alkyl halides is 3. The molecule has 3 unspecified atom stereocenters. The first-order chi connectivity index (χ1) is 16.6. The Kier molecular flexibility index (Phi) is 6.81. The quantitative estimate of drug-likeness (QED) is 0.534. The summed E-state index contributed by atoms with van der Waals surface area (Å²) in [6, 6.07) is 11.2. The highest BCUT2D eigenvalue weighted by Crippen LogP contribution is 2.44. The molecule has 0 radical (unpaired) electrons. The predicted molar refractivity (Wildman–Crippen MR) is 119 cm³/mol. The average Bonchev–Trinajstić information content (AvgIpc) is 3.14. The van der Waals surface area contributed by atoms with E-state index in [0.717, 1.165) is 22.3 Å². The number of nitrogens with one attached hydrogen (secondary N) is 2. The van der Waals surface area contributed by atoms with Crippen molar-refractivity contribution in [2.24, 2.45) is 5.92 Å². The Morgan fingerprint density at radius 2 is 1.63 bits per heavy atom. The second-order valence-corrected chi connectivity index (χ2v) is 8.49. The van der Waals surface area contributed by atoms with Crippen LogP contribution in [0.25, 0.3) is 11.1 Å². The Bertz CT molecular complexity index is 1120. The largest absolute Gasteiger partial charge is 0.481 e. The lowest BCUT2D eigenvalue weighted by Gasteiger charge is -2.26. The molecule has 0 saturated heterocycles. The molecule has 0 heterocycles. The summed E-state index contributed by atoms with van der Waals surface area (Å²) < 4.78 is 45.9. The van der Waals surface area contributed by atoms with Crippen LogP contribution in [0.3, 0.4) is 0 Å². The number of benzene rings is 2. The molecule has 3 N–H and O–H groups in total. The van der Waals surface area contributed by atoms with Gasteiger partial charge in [-0.15, -0.1) is 0 Å². The van der Waals surface area contributed by atoms with Crippen molar-refractivity contribution in [3.8, 4) is 11.1 Å². The molecule has 0 saturated carbocycles. The Morgan fingerprint density at radius 1 is 1.03 bits per heavy atom. The number of carboxylic acids is 1. The van der Waals surface area contributed by atoms with Crippen LogP contribution >= 0.6 is 0 Å². The third-order valence-electron chi connectivity index (χ3n) is 6.20. The SMILES string of the molecule is O=C(NC(C(=O)NC1C=CCC(C(=O)O)C1)C(F)(F)F)OCC1c2ccccc2-c2ccccc21. The maximum Gasteiger partial charge on any atom is 0.417 e. The number of fused-ring (bicyclic) bond motifs is 3. The van der Waals surface area contributed by atoms with Crippen molar-refractivity contribution in [2.75, 3.05) is 6.61 Å². The van der Waals surface area contributed by atoms with E-state index in [1.165, 1.54) is 12.2 Å². The zero-order valence-corrected chi connectivity index (χ0v) is 18.4. The molecule has 2 amide bonds. The Balaban J connectivity index is 1.41. The van der Waals surface area contributed by atoms with Gasteiger partial charge in [0.15, 0.2) is 0 Å². The molecule has 2 aromatic carbocycles. The Morgan fingerprint density at radius 3 is 2.20 bits per heavy atom. The molecular weight excluding hydrogens is 465 g/mol. The minimum absolute atomic E-state index is 0.0485. The van der Waals surface area contributed by atoms with Crippen LogP contribution in [0.15, 0.2) is 60.7 Å². The van der Waals surface area contributed by atoms with E-state index < -0.39 is 42.1 Å². The van der Waals surface area contributed by atoms with E-state index in [2.05, 4.69) is 5.32 Å². The number of aliphatic carboxylic acids is 1. The molecule has 35 heavy (non-hydrogen) atoms. The van der Waals surface area contributed by atoms with Gasteiger partial charge in [-0.1, -0.05) is 60.7 Å². The second kappa shape index (κ2) is 9.81. The van der Waals surface area contributed by atoms with E-state index in [1.807, 2.05) is 48.5 Å². The molecule has 4 rings (SSSR count).